The molecule has 0 saturated carbocycles. The van der Waals surface area contributed by atoms with E-state index in [1.165, 1.54) is 0 Å². The minimum atomic E-state index is -0.0126. The smallest absolute Gasteiger partial charge is 0.222 e. The summed E-state index contributed by atoms with van der Waals surface area (Å²) in [6.45, 7) is 0.951. The third kappa shape index (κ3) is 4.62. The Bertz CT molecular complexity index is 652. The first-order valence-electron chi connectivity index (χ1n) is 7.28. The van der Waals surface area contributed by atoms with Crippen molar-refractivity contribution in [3.05, 3.63) is 40.9 Å². The molecule has 0 atom stereocenters. The minimum Gasteiger partial charge on any atom is -0.497 e. The van der Waals surface area contributed by atoms with Crippen LogP contribution >= 0.6 is 11.6 Å². The molecule has 0 spiro atoms. The molecular formula is C16H20ClN3O3. The van der Waals surface area contributed by atoms with Gasteiger partial charge >= 0.3 is 0 Å². The normalized spacial score (nSPS) is 10.8. The molecule has 7 heteroatoms. The fourth-order valence-electron chi connectivity index (χ4n) is 2.30. The predicted molar refractivity (Wildman–Crippen MR) is 88.5 cm³/mol. The Balaban J connectivity index is 2.41. The molecule has 2 rings (SSSR count). The molecule has 0 aliphatic heterocycles. The van der Waals surface area contributed by atoms with E-state index in [2.05, 4.69) is 9.97 Å². The van der Waals surface area contributed by atoms with Gasteiger partial charge < -0.3 is 20.3 Å². The third-order valence-corrected chi connectivity index (χ3v) is 3.47. The van der Waals surface area contributed by atoms with E-state index in [4.69, 9.17) is 31.9 Å². The van der Waals surface area contributed by atoms with Crippen molar-refractivity contribution in [2.45, 2.75) is 13.0 Å². The van der Waals surface area contributed by atoms with Crippen LogP contribution in [0.1, 0.15) is 11.4 Å². The van der Waals surface area contributed by atoms with Crippen LogP contribution in [-0.4, -0.2) is 42.0 Å². The first-order chi connectivity index (χ1) is 11.2. The van der Waals surface area contributed by atoms with Crippen molar-refractivity contribution in [2.75, 3.05) is 26.9 Å². The van der Waals surface area contributed by atoms with Crippen molar-refractivity contribution in [3.63, 3.8) is 0 Å². The van der Waals surface area contributed by atoms with Gasteiger partial charge in [-0.05, 0) is 29.3 Å². The van der Waals surface area contributed by atoms with E-state index >= 15 is 0 Å². The van der Waals surface area contributed by atoms with Gasteiger partial charge in [0.25, 0.3) is 0 Å². The molecular weight excluding hydrogens is 318 g/mol. The number of ether oxygens (including phenoxy) is 2. The summed E-state index contributed by atoms with van der Waals surface area (Å²) in [7, 11) is 1.62. The number of aliphatic hydroxyl groups is 1. The van der Waals surface area contributed by atoms with Gasteiger partial charge in [0.1, 0.15) is 5.75 Å². The van der Waals surface area contributed by atoms with Crippen molar-refractivity contribution in [1.82, 2.24) is 9.97 Å². The average molecular weight is 338 g/mol. The zero-order chi connectivity index (χ0) is 16.7. The van der Waals surface area contributed by atoms with E-state index < -0.39 is 0 Å². The van der Waals surface area contributed by atoms with Crippen LogP contribution in [-0.2, 0) is 17.7 Å². The number of halogens is 1. The Hall–Kier alpha value is -1.73. The Morgan fingerprint density at radius 2 is 2.00 bits per heavy atom. The topological polar surface area (TPSA) is 90.5 Å². The summed E-state index contributed by atoms with van der Waals surface area (Å²) >= 11 is 6.00. The lowest BCUT2D eigenvalue weighted by Crippen LogP contribution is -2.11. The molecule has 1 aromatic heterocycles. The average Bonchev–Trinajstić information content (AvgIpc) is 2.58. The molecule has 0 unspecified atom stereocenters. The van der Waals surface area contributed by atoms with Crippen LogP contribution in [0, 0.1) is 0 Å². The molecule has 124 valence electrons. The monoisotopic (exact) mass is 337 g/mol. The van der Waals surface area contributed by atoms with E-state index in [1.807, 2.05) is 24.3 Å². The fourth-order valence-corrected chi connectivity index (χ4v) is 2.51. The van der Waals surface area contributed by atoms with Gasteiger partial charge in [0.2, 0.25) is 5.28 Å². The minimum absolute atomic E-state index is 0.0126. The molecule has 0 amide bonds. The molecule has 3 N–H and O–H groups in total. The van der Waals surface area contributed by atoms with Crippen molar-refractivity contribution < 1.29 is 14.6 Å². The van der Waals surface area contributed by atoms with Gasteiger partial charge in [-0.2, -0.15) is 0 Å². The van der Waals surface area contributed by atoms with Gasteiger partial charge in [-0.15, -0.1) is 0 Å². The number of aromatic nitrogens is 2. The molecule has 2 aromatic rings. The molecule has 6 nitrogen and oxygen atoms in total. The maximum atomic E-state index is 8.78. The Kier molecular flexibility index (Phi) is 6.73. The number of nitrogens with two attached hydrogens (primary N) is 1. The number of methoxy groups -OCH3 is 1. The number of hydrogen-bond donors (Lipinski definition) is 2. The highest BCUT2D eigenvalue weighted by molar-refractivity contribution is 6.28. The summed E-state index contributed by atoms with van der Waals surface area (Å²) in [5, 5.41) is 8.94. The van der Waals surface area contributed by atoms with Gasteiger partial charge in [0, 0.05) is 18.5 Å². The van der Waals surface area contributed by atoms with E-state index in [-0.39, 0.29) is 25.0 Å². The second-order valence-electron chi connectivity index (χ2n) is 4.78. The Morgan fingerprint density at radius 1 is 1.22 bits per heavy atom. The second-order valence-corrected chi connectivity index (χ2v) is 5.12. The predicted octanol–water partition coefficient (Wildman–Crippen LogP) is 1.82. The Labute approximate surface area is 140 Å². The molecule has 0 saturated heterocycles. The van der Waals surface area contributed by atoms with Crippen molar-refractivity contribution in [1.29, 1.82) is 0 Å². The van der Waals surface area contributed by atoms with Crippen molar-refractivity contribution in [3.8, 4) is 16.9 Å². The molecule has 0 bridgehead atoms. The molecule has 0 aliphatic carbocycles. The van der Waals surface area contributed by atoms with Gasteiger partial charge in [-0.25, -0.2) is 9.97 Å². The zero-order valence-electron chi connectivity index (χ0n) is 13.0. The van der Waals surface area contributed by atoms with Crippen LogP contribution in [0.15, 0.2) is 24.3 Å². The van der Waals surface area contributed by atoms with Crippen molar-refractivity contribution >= 4 is 11.6 Å². The van der Waals surface area contributed by atoms with Crippen LogP contribution < -0.4 is 10.5 Å². The summed E-state index contributed by atoms with van der Waals surface area (Å²) in [6.07, 6.45) is 0.543. The molecule has 0 radical (unpaired) electrons. The van der Waals surface area contributed by atoms with Crippen LogP contribution in [0.4, 0.5) is 0 Å². The maximum absolute atomic E-state index is 8.78. The Morgan fingerprint density at radius 3 is 2.70 bits per heavy atom. The number of rotatable bonds is 8. The van der Waals surface area contributed by atoms with Crippen LogP contribution in [0.25, 0.3) is 11.1 Å². The first kappa shape index (κ1) is 17.6. The zero-order valence-corrected chi connectivity index (χ0v) is 13.7. The van der Waals surface area contributed by atoms with E-state index in [1.54, 1.807) is 7.11 Å². The number of aliphatic hydroxyl groups excluding tert-OH is 1. The van der Waals surface area contributed by atoms with Crippen LogP contribution in [0.5, 0.6) is 5.75 Å². The third-order valence-electron chi connectivity index (χ3n) is 3.30. The maximum Gasteiger partial charge on any atom is 0.222 e. The van der Waals surface area contributed by atoms with Gasteiger partial charge in [0.15, 0.2) is 0 Å². The number of hydrogen-bond acceptors (Lipinski definition) is 6. The SMILES string of the molecule is COc1cccc(-c2c(CN)nc(Cl)nc2CCOCCO)c1. The summed E-state index contributed by atoms with van der Waals surface area (Å²) in [5.41, 5.74) is 9.03. The standard InChI is InChI=1S/C16H20ClN3O3/c1-22-12-4-2-3-11(9-12)15-13(5-7-23-8-6-21)19-16(17)20-14(15)10-18/h2-4,9,21H,5-8,10,18H2,1H3. The highest BCUT2D eigenvalue weighted by Gasteiger charge is 2.15. The first-order valence-corrected chi connectivity index (χ1v) is 7.65. The second kappa shape index (κ2) is 8.79. The molecule has 1 heterocycles. The fraction of sp³-hybridized carbons (Fsp3) is 0.375. The van der Waals surface area contributed by atoms with E-state index in [0.29, 0.717) is 18.7 Å². The molecule has 23 heavy (non-hydrogen) atoms. The lowest BCUT2D eigenvalue weighted by Gasteiger charge is -2.14. The summed E-state index contributed by atoms with van der Waals surface area (Å²) in [5.74, 6) is 0.739. The summed E-state index contributed by atoms with van der Waals surface area (Å²) in [4.78, 5) is 8.56. The van der Waals surface area contributed by atoms with Crippen LogP contribution in [0.2, 0.25) is 5.28 Å². The number of nitrogens with zero attached hydrogens (tertiary/aromatic N) is 2. The molecule has 0 aliphatic rings. The van der Waals surface area contributed by atoms with Gasteiger partial charge in [-0.1, -0.05) is 12.1 Å². The highest BCUT2D eigenvalue weighted by atomic mass is 35.5. The van der Waals surface area contributed by atoms with Crippen LogP contribution in [0.3, 0.4) is 0 Å². The quantitative estimate of drug-likeness (QED) is 0.564. The lowest BCUT2D eigenvalue weighted by atomic mass is 10.00. The number of benzene rings is 1. The largest absolute Gasteiger partial charge is 0.497 e. The van der Waals surface area contributed by atoms with E-state index in [9.17, 15) is 0 Å². The van der Waals surface area contributed by atoms with E-state index in [0.717, 1.165) is 22.6 Å². The molecule has 0 fully saturated rings. The van der Waals surface area contributed by atoms with Crippen molar-refractivity contribution in [2.24, 2.45) is 5.73 Å². The highest BCUT2D eigenvalue weighted by Crippen LogP contribution is 2.29. The summed E-state index contributed by atoms with van der Waals surface area (Å²) < 4.78 is 10.6. The van der Waals surface area contributed by atoms with Gasteiger partial charge in [0.05, 0.1) is 38.3 Å². The van der Waals surface area contributed by atoms with Gasteiger partial charge in [-0.3, -0.25) is 0 Å². The summed E-state index contributed by atoms with van der Waals surface area (Å²) in [6, 6.07) is 7.62. The lowest BCUT2D eigenvalue weighted by molar-refractivity contribution is 0.0941. The molecule has 1 aromatic carbocycles.